The number of halogens is 1. The van der Waals surface area contributed by atoms with Crippen molar-refractivity contribution in [3.05, 3.63) is 34.3 Å². The highest BCUT2D eigenvalue weighted by molar-refractivity contribution is 6.30. The molecule has 1 aromatic carbocycles. The summed E-state index contributed by atoms with van der Waals surface area (Å²) in [5.74, 6) is 0. The van der Waals surface area contributed by atoms with Gasteiger partial charge in [-0.15, -0.1) is 0 Å². The number of aryl methyl sites for hydroxylation is 1. The summed E-state index contributed by atoms with van der Waals surface area (Å²) in [5, 5.41) is 12.8. The minimum atomic E-state index is -0.00253. The molecule has 72 valence electrons. The molecular weight excluding hydrogens is 186 g/mol. The first-order valence-corrected chi connectivity index (χ1v) is 4.61. The van der Waals surface area contributed by atoms with Gasteiger partial charge in [0.05, 0.1) is 12.6 Å². The molecule has 0 spiro atoms. The number of hydrogen-bond donors (Lipinski definition) is 2. The van der Waals surface area contributed by atoms with Crippen LogP contribution in [-0.2, 0) is 0 Å². The van der Waals surface area contributed by atoms with Crippen molar-refractivity contribution in [3.8, 4) is 0 Å². The Morgan fingerprint density at radius 3 is 2.69 bits per heavy atom. The normalized spacial score (nSPS) is 12.9. The number of nitrogens with one attached hydrogen (secondary N) is 1. The first kappa shape index (κ1) is 10.5. The van der Waals surface area contributed by atoms with Gasteiger partial charge in [-0.3, -0.25) is 0 Å². The van der Waals surface area contributed by atoms with Crippen LogP contribution in [0.3, 0.4) is 0 Å². The summed E-state index contributed by atoms with van der Waals surface area (Å²) in [6.45, 7) is 2.08. The van der Waals surface area contributed by atoms with E-state index in [2.05, 4.69) is 5.32 Å². The highest BCUT2D eigenvalue weighted by Gasteiger charge is 2.09. The van der Waals surface area contributed by atoms with Crippen LogP contribution in [0.4, 0.5) is 0 Å². The summed E-state index contributed by atoms with van der Waals surface area (Å²) in [6.07, 6.45) is 0. The van der Waals surface area contributed by atoms with E-state index in [1.54, 1.807) is 0 Å². The van der Waals surface area contributed by atoms with Gasteiger partial charge in [-0.25, -0.2) is 0 Å². The molecule has 13 heavy (non-hydrogen) atoms. The third-order valence-electron chi connectivity index (χ3n) is 2.14. The van der Waals surface area contributed by atoms with Crippen molar-refractivity contribution >= 4 is 11.6 Å². The molecule has 3 heteroatoms. The van der Waals surface area contributed by atoms with E-state index in [-0.39, 0.29) is 12.6 Å². The second kappa shape index (κ2) is 4.61. The lowest BCUT2D eigenvalue weighted by Gasteiger charge is -2.16. The summed E-state index contributed by atoms with van der Waals surface area (Å²) >= 11 is 5.83. The van der Waals surface area contributed by atoms with Gasteiger partial charge >= 0.3 is 0 Å². The van der Waals surface area contributed by atoms with Crippen molar-refractivity contribution in [1.82, 2.24) is 5.32 Å². The Hall–Kier alpha value is -0.570. The van der Waals surface area contributed by atoms with Gasteiger partial charge in [0, 0.05) is 5.02 Å². The van der Waals surface area contributed by atoms with Crippen molar-refractivity contribution in [2.24, 2.45) is 0 Å². The van der Waals surface area contributed by atoms with Crippen LogP contribution in [0.2, 0.25) is 5.02 Å². The highest BCUT2D eigenvalue weighted by Crippen LogP contribution is 2.20. The molecule has 0 heterocycles. The van der Waals surface area contributed by atoms with Crippen LogP contribution in [0.5, 0.6) is 0 Å². The number of aliphatic hydroxyl groups is 1. The molecule has 0 aliphatic rings. The molecule has 2 nitrogen and oxygen atoms in total. The lowest BCUT2D eigenvalue weighted by atomic mass is 10.0. The van der Waals surface area contributed by atoms with Crippen molar-refractivity contribution < 1.29 is 5.11 Å². The molecule has 0 aromatic heterocycles. The predicted octanol–water partition coefficient (Wildman–Crippen LogP) is 1.90. The number of hydrogen-bond acceptors (Lipinski definition) is 2. The molecule has 1 atom stereocenters. The largest absolute Gasteiger partial charge is 0.394 e. The first-order chi connectivity index (χ1) is 6.19. The van der Waals surface area contributed by atoms with E-state index in [9.17, 15) is 0 Å². The van der Waals surface area contributed by atoms with E-state index >= 15 is 0 Å². The van der Waals surface area contributed by atoms with E-state index in [4.69, 9.17) is 16.7 Å². The third kappa shape index (κ3) is 2.44. The molecule has 0 unspecified atom stereocenters. The molecule has 1 rings (SSSR count). The summed E-state index contributed by atoms with van der Waals surface area (Å²) in [7, 11) is 1.83. The Kier molecular flexibility index (Phi) is 3.72. The first-order valence-electron chi connectivity index (χ1n) is 4.23. The van der Waals surface area contributed by atoms with Crippen molar-refractivity contribution in [3.63, 3.8) is 0 Å². The number of aliphatic hydroxyl groups excluding tert-OH is 1. The zero-order valence-corrected chi connectivity index (χ0v) is 8.60. The van der Waals surface area contributed by atoms with Crippen molar-refractivity contribution in [2.45, 2.75) is 13.0 Å². The lowest BCUT2D eigenvalue weighted by Crippen LogP contribution is -2.20. The lowest BCUT2D eigenvalue weighted by molar-refractivity contribution is 0.250. The minimum Gasteiger partial charge on any atom is -0.394 e. The maximum absolute atomic E-state index is 9.08. The Labute approximate surface area is 83.5 Å². The number of rotatable bonds is 3. The average Bonchev–Trinajstić information content (AvgIpc) is 2.10. The standard InChI is InChI=1S/C10H14ClNO/c1-7-5-8(11)3-4-9(7)10(6-13)12-2/h3-5,10,12-13H,6H2,1-2H3/t10-/m1/s1. The molecule has 1 aromatic rings. The number of benzene rings is 1. The second-order valence-electron chi connectivity index (χ2n) is 3.02. The summed E-state index contributed by atoms with van der Waals surface area (Å²) < 4.78 is 0. The molecule has 2 N–H and O–H groups in total. The Morgan fingerprint density at radius 1 is 1.54 bits per heavy atom. The fourth-order valence-corrected chi connectivity index (χ4v) is 1.60. The maximum atomic E-state index is 9.08. The van der Waals surface area contributed by atoms with Gasteiger partial charge in [0.25, 0.3) is 0 Å². The Balaban J connectivity index is 2.99. The summed E-state index contributed by atoms with van der Waals surface area (Å²) in [4.78, 5) is 0. The monoisotopic (exact) mass is 199 g/mol. The molecule has 0 fully saturated rings. The van der Waals surface area contributed by atoms with Gasteiger partial charge in [-0.05, 0) is 37.2 Å². The van der Waals surface area contributed by atoms with Crippen LogP contribution in [0.15, 0.2) is 18.2 Å². The van der Waals surface area contributed by atoms with Gasteiger partial charge in [0.1, 0.15) is 0 Å². The Morgan fingerprint density at radius 2 is 2.23 bits per heavy atom. The summed E-state index contributed by atoms with van der Waals surface area (Å²) in [5.41, 5.74) is 2.19. The molecule has 0 aliphatic heterocycles. The molecule has 0 aliphatic carbocycles. The molecule has 0 saturated carbocycles. The van der Waals surface area contributed by atoms with E-state index in [1.807, 2.05) is 32.2 Å². The van der Waals surface area contributed by atoms with Crippen LogP contribution in [-0.4, -0.2) is 18.8 Å². The molecule has 0 radical (unpaired) electrons. The van der Waals surface area contributed by atoms with Gasteiger partial charge in [-0.1, -0.05) is 17.7 Å². The number of likely N-dealkylation sites (N-methyl/N-ethyl adjacent to an activating group) is 1. The zero-order chi connectivity index (χ0) is 9.84. The minimum absolute atomic E-state index is 0.00253. The predicted molar refractivity (Wildman–Crippen MR) is 55.1 cm³/mol. The average molecular weight is 200 g/mol. The molecule has 0 saturated heterocycles. The van der Waals surface area contributed by atoms with Gasteiger partial charge in [0.2, 0.25) is 0 Å². The fourth-order valence-electron chi connectivity index (χ4n) is 1.38. The van der Waals surface area contributed by atoms with Crippen LogP contribution >= 0.6 is 11.6 Å². The van der Waals surface area contributed by atoms with Gasteiger partial charge < -0.3 is 10.4 Å². The van der Waals surface area contributed by atoms with Crippen LogP contribution in [0, 0.1) is 6.92 Å². The van der Waals surface area contributed by atoms with Gasteiger partial charge in [0.15, 0.2) is 0 Å². The van der Waals surface area contributed by atoms with E-state index in [1.165, 1.54) is 0 Å². The highest BCUT2D eigenvalue weighted by atomic mass is 35.5. The molecular formula is C10H14ClNO. The van der Waals surface area contributed by atoms with Gasteiger partial charge in [-0.2, -0.15) is 0 Å². The quantitative estimate of drug-likeness (QED) is 0.780. The van der Waals surface area contributed by atoms with Crippen LogP contribution in [0.25, 0.3) is 0 Å². The van der Waals surface area contributed by atoms with E-state index in [0.717, 1.165) is 16.1 Å². The van der Waals surface area contributed by atoms with E-state index in [0.29, 0.717) is 0 Å². The molecule has 0 amide bonds. The van der Waals surface area contributed by atoms with Crippen LogP contribution < -0.4 is 5.32 Å². The fraction of sp³-hybridized carbons (Fsp3) is 0.400. The topological polar surface area (TPSA) is 32.3 Å². The Bertz CT molecular complexity index is 284. The molecule has 0 bridgehead atoms. The van der Waals surface area contributed by atoms with E-state index < -0.39 is 0 Å². The van der Waals surface area contributed by atoms with Crippen LogP contribution in [0.1, 0.15) is 17.2 Å². The SMILES string of the molecule is CN[C@H](CO)c1ccc(Cl)cc1C. The maximum Gasteiger partial charge on any atom is 0.0626 e. The van der Waals surface area contributed by atoms with Crippen molar-refractivity contribution in [1.29, 1.82) is 0 Å². The third-order valence-corrected chi connectivity index (χ3v) is 2.37. The summed E-state index contributed by atoms with van der Waals surface area (Å²) in [6, 6.07) is 5.67. The van der Waals surface area contributed by atoms with Crippen molar-refractivity contribution in [2.75, 3.05) is 13.7 Å². The smallest absolute Gasteiger partial charge is 0.0626 e. The second-order valence-corrected chi connectivity index (χ2v) is 3.46. The zero-order valence-electron chi connectivity index (χ0n) is 7.84.